The van der Waals surface area contributed by atoms with E-state index in [0.717, 1.165) is 11.1 Å². The number of esters is 1. The van der Waals surface area contributed by atoms with E-state index in [1.165, 1.54) is 7.11 Å². The maximum absolute atomic E-state index is 13.4. The fourth-order valence-electron chi connectivity index (χ4n) is 3.73. The van der Waals surface area contributed by atoms with Gasteiger partial charge in [-0.25, -0.2) is 10.3 Å². The van der Waals surface area contributed by atoms with Gasteiger partial charge in [0, 0.05) is 25.4 Å². The van der Waals surface area contributed by atoms with Crippen molar-refractivity contribution in [2.75, 3.05) is 20.3 Å². The van der Waals surface area contributed by atoms with Gasteiger partial charge in [0.1, 0.15) is 12.6 Å². The molecule has 0 heterocycles. The van der Waals surface area contributed by atoms with Gasteiger partial charge < -0.3 is 14.8 Å². The average molecular weight is 499 g/mol. The first-order valence-corrected chi connectivity index (χ1v) is 12.3. The standard InChI is InChI=1S/C28H38N2O6/c1-20(2)17-24(21(3)26(31)30-36-19-23-13-9-6-10-14-23)27(32)29-25(28(33)35-16-15-34-4)18-22-11-7-5-8-12-22/h5-14,20-21,24-25H,15-19H2,1-4H3,(H,29,32)(H,30,31)/t21-,24?,25-/m0/s1. The highest BCUT2D eigenvalue weighted by atomic mass is 16.6. The van der Waals surface area contributed by atoms with Crippen LogP contribution in [0.25, 0.3) is 0 Å². The molecule has 8 heteroatoms. The van der Waals surface area contributed by atoms with Crippen molar-refractivity contribution in [3.8, 4) is 0 Å². The quantitative estimate of drug-likeness (QED) is 0.222. The van der Waals surface area contributed by atoms with Crippen molar-refractivity contribution in [3.63, 3.8) is 0 Å². The lowest BCUT2D eigenvalue weighted by Gasteiger charge is -2.26. The van der Waals surface area contributed by atoms with Gasteiger partial charge in [0.25, 0.3) is 0 Å². The smallest absolute Gasteiger partial charge is 0.329 e. The molecule has 0 radical (unpaired) electrons. The van der Waals surface area contributed by atoms with Crippen molar-refractivity contribution < 1.29 is 28.7 Å². The second-order valence-corrected chi connectivity index (χ2v) is 9.18. The Morgan fingerprint density at radius 3 is 2.03 bits per heavy atom. The summed E-state index contributed by atoms with van der Waals surface area (Å²) >= 11 is 0. The first-order valence-electron chi connectivity index (χ1n) is 12.3. The maximum atomic E-state index is 13.4. The number of ether oxygens (including phenoxy) is 2. The molecule has 3 atom stereocenters. The van der Waals surface area contributed by atoms with Crippen molar-refractivity contribution in [3.05, 3.63) is 71.8 Å². The zero-order chi connectivity index (χ0) is 26.3. The number of methoxy groups -OCH3 is 1. The molecule has 0 aliphatic heterocycles. The fraction of sp³-hybridized carbons (Fsp3) is 0.464. The maximum Gasteiger partial charge on any atom is 0.329 e. The summed E-state index contributed by atoms with van der Waals surface area (Å²) in [5.41, 5.74) is 4.26. The lowest BCUT2D eigenvalue weighted by Crippen LogP contribution is -2.49. The van der Waals surface area contributed by atoms with Gasteiger partial charge in [-0.05, 0) is 23.5 Å². The number of nitrogens with one attached hydrogen (secondary N) is 2. The zero-order valence-electron chi connectivity index (χ0n) is 21.6. The van der Waals surface area contributed by atoms with Crippen LogP contribution in [0.3, 0.4) is 0 Å². The highest BCUT2D eigenvalue weighted by Crippen LogP contribution is 2.22. The predicted molar refractivity (Wildman–Crippen MR) is 136 cm³/mol. The molecule has 0 aromatic heterocycles. The van der Waals surface area contributed by atoms with Gasteiger partial charge in [-0.1, -0.05) is 81.4 Å². The SMILES string of the molecule is COCCOC(=O)[C@H](Cc1ccccc1)NC(=O)C(CC(C)C)[C@H](C)C(=O)NOCc1ccccc1. The second kappa shape index (κ2) is 15.7. The summed E-state index contributed by atoms with van der Waals surface area (Å²) < 4.78 is 10.3. The second-order valence-electron chi connectivity index (χ2n) is 9.18. The van der Waals surface area contributed by atoms with Gasteiger partial charge in [0.05, 0.1) is 13.2 Å². The van der Waals surface area contributed by atoms with Crippen LogP contribution in [0.1, 0.15) is 38.3 Å². The van der Waals surface area contributed by atoms with Crippen LogP contribution in [-0.2, 0) is 41.7 Å². The lowest BCUT2D eigenvalue weighted by molar-refractivity contribution is -0.150. The Bertz CT molecular complexity index is 936. The third-order valence-corrected chi connectivity index (χ3v) is 5.75. The number of carbonyl (C=O) groups is 3. The molecule has 2 rings (SSSR count). The van der Waals surface area contributed by atoms with Gasteiger partial charge in [-0.15, -0.1) is 0 Å². The minimum atomic E-state index is -0.893. The molecule has 8 nitrogen and oxygen atoms in total. The summed E-state index contributed by atoms with van der Waals surface area (Å²) in [6.45, 7) is 6.22. The van der Waals surface area contributed by atoms with E-state index in [1.54, 1.807) is 6.92 Å². The Morgan fingerprint density at radius 1 is 0.833 bits per heavy atom. The van der Waals surface area contributed by atoms with Gasteiger partial charge in [0.2, 0.25) is 11.8 Å². The normalized spacial score (nSPS) is 13.5. The highest BCUT2D eigenvalue weighted by molar-refractivity contribution is 5.90. The Hall–Kier alpha value is -3.23. The summed E-state index contributed by atoms with van der Waals surface area (Å²) in [6.07, 6.45) is 0.740. The van der Waals surface area contributed by atoms with E-state index < -0.39 is 29.8 Å². The highest BCUT2D eigenvalue weighted by Gasteiger charge is 2.34. The fourth-order valence-corrected chi connectivity index (χ4v) is 3.73. The molecule has 36 heavy (non-hydrogen) atoms. The van der Waals surface area contributed by atoms with Crippen LogP contribution in [0.2, 0.25) is 0 Å². The molecule has 0 saturated heterocycles. The van der Waals surface area contributed by atoms with Crippen molar-refractivity contribution in [2.45, 2.75) is 46.3 Å². The summed E-state index contributed by atoms with van der Waals surface area (Å²) in [5, 5.41) is 2.84. The van der Waals surface area contributed by atoms with E-state index in [9.17, 15) is 14.4 Å². The molecule has 2 N–H and O–H groups in total. The van der Waals surface area contributed by atoms with Crippen molar-refractivity contribution in [1.29, 1.82) is 0 Å². The third-order valence-electron chi connectivity index (χ3n) is 5.75. The molecule has 0 aliphatic rings. The Labute approximate surface area is 213 Å². The molecule has 2 amide bonds. The molecule has 2 aromatic rings. The predicted octanol–water partition coefficient (Wildman–Crippen LogP) is 3.45. The first-order chi connectivity index (χ1) is 17.3. The molecular formula is C28H38N2O6. The number of hydrogen-bond donors (Lipinski definition) is 2. The third kappa shape index (κ3) is 10.2. The van der Waals surface area contributed by atoms with E-state index >= 15 is 0 Å². The van der Waals surface area contributed by atoms with E-state index in [0.29, 0.717) is 6.42 Å². The van der Waals surface area contributed by atoms with Crippen molar-refractivity contribution in [1.82, 2.24) is 10.8 Å². The minimum Gasteiger partial charge on any atom is -0.462 e. The number of hydroxylamine groups is 1. The topological polar surface area (TPSA) is 103 Å². The van der Waals surface area contributed by atoms with E-state index in [1.807, 2.05) is 74.5 Å². The molecular weight excluding hydrogens is 460 g/mol. The van der Waals surface area contributed by atoms with Gasteiger partial charge in [-0.2, -0.15) is 0 Å². The number of benzene rings is 2. The summed E-state index contributed by atoms with van der Waals surface area (Å²) in [4.78, 5) is 44.4. The largest absolute Gasteiger partial charge is 0.462 e. The van der Waals surface area contributed by atoms with Crippen LogP contribution in [0, 0.1) is 17.8 Å². The number of hydrogen-bond acceptors (Lipinski definition) is 6. The number of rotatable bonds is 15. The van der Waals surface area contributed by atoms with Gasteiger partial charge in [-0.3, -0.25) is 14.4 Å². The van der Waals surface area contributed by atoms with E-state index in [2.05, 4.69) is 10.8 Å². The van der Waals surface area contributed by atoms with Gasteiger partial charge >= 0.3 is 5.97 Å². The molecule has 0 saturated carbocycles. The average Bonchev–Trinajstić information content (AvgIpc) is 2.87. The van der Waals surface area contributed by atoms with E-state index in [4.69, 9.17) is 14.3 Å². The Morgan fingerprint density at radius 2 is 1.44 bits per heavy atom. The van der Waals surface area contributed by atoms with Crippen molar-refractivity contribution in [2.24, 2.45) is 17.8 Å². The van der Waals surface area contributed by atoms with Crippen LogP contribution < -0.4 is 10.8 Å². The Balaban J connectivity index is 2.07. The van der Waals surface area contributed by atoms with E-state index in [-0.39, 0.29) is 38.1 Å². The molecule has 0 aliphatic carbocycles. The first kappa shape index (κ1) is 29.0. The summed E-state index contributed by atoms with van der Waals surface area (Å²) in [7, 11) is 1.52. The molecule has 196 valence electrons. The zero-order valence-corrected chi connectivity index (χ0v) is 21.6. The monoisotopic (exact) mass is 498 g/mol. The molecule has 0 spiro atoms. The number of carbonyl (C=O) groups excluding carboxylic acids is 3. The van der Waals surface area contributed by atoms with Crippen molar-refractivity contribution >= 4 is 17.8 Å². The van der Waals surface area contributed by atoms with Crippen LogP contribution >= 0.6 is 0 Å². The molecule has 2 aromatic carbocycles. The minimum absolute atomic E-state index is 0.0868. The van der Waals surface area contributed by atoms with Gasteiger partial charge in [0.15, 0.2) is 0 Å². The summed E-state index contributed by atoms with van der Waals surface area (Å²) in [5.74, 6) is -2.49. The molecule has 0 fully saturated rings. The number of amides is 2. The van der Waals surface area contributed by atoms with Crippen LogP contribution in [-0.4, -0.2) is 44.1 Å². The van der Waals surface area contributed by atoms with Crippen LogP contribution in [0.15, 0.2) is 60.7 Å². The molecule has 0 bridgehead atoms. The molecule has 1 unspecified atom stereocenters. The van der Waals surface area contributed by atoms with Crippen LogP contribution in [0.5, 0.6) is 0 Å². The Kier molecular flexibility index (Phi) is 12.6. The lowest BCUT2D eigenvalue weighted by atomic mass is 9.85. The van der Waals surface area contributed by atoms with Crippen LogP contribution in [0.4, 0.5) is 0 Å². The summed E-state index contributed by atoms with van der Waals surface area (Å²) in [6, 6.07) is 18.0.